The maximum absolute atomic E-state index is 11.5. The number of aromatic nitrogens is 2. The Morgan fingerprint density at radius 1 is 1.50 bits per heavy atom. The Bertz CT molecular complexity index is 595. The summed E-state index contributed by atoms with van der Waals surface area (Å²) in [6.45, 7) is 1.98. The average molecular weight is 321 g/mol. The number of aliphatic hydroxyl groups is 1. The highest BCUT2D eigenvalue weighted by Crippen LogP contribution is 2.28. The standard InChI is InChI=1S/C11H17ClN4O3S/c1-6-2-3-7(4-8(6)17)15-10-9(20(13,18)19)5-14-11(12)16-10/h5-8,17H,2-4H2,1H3,(H2,13,18,19)(H,14,15,16)/t6-,7-,8-/m1/s1. The van der Waals surface area contributed by atoms with Gasteiger partial charge in [0.15, 0.2) is 5.82 Å². The lowest BCUT2D eigenvalue weighted by atomic mass is 9.85. The zero-order valence-corrected chi connectivity index (χ0v) is 12.5. The van der Waals surface area contributed by atoms with E-state index in [4.69, 9.17) is 16.7 Å². The van der Waals surface area contributed by atoms with Crippen LogP contribution in [-0.4, -0.2) is 35.6 Å². The molecule has 1 heterocycles. The number of aliphatic hydroxyl groups excluding tert-OH is 1. The third kappa shape index (κ3) is 3.57. The number of sulfonamides is 1. The van der Waals surface area contributed by atoms with Gasteiger partial charge in [0, 0.05) is 6.04 Å². The molecule has 9 heteroatoms. The van der Waals surface area contributed by atoms with Crippen molar-refractivity contribution in [3.8, 4) is 0 Å². The zero-order chi connectivity index (χ0) is 14.9. The summed E-state index contributed by atoms with van der Waals surface area (Å²) in [7, 11) is -3.93. The molecule has 20 heavy (non-hydrogen) atoms. The summed E-state index contributed by atoms with van der Waals surface area (Å²) < 4.78 is 23.0. The highest BCUT2D eigenvalue weighted by atomic mass is 35.5. The molecule has 4 N–H and O–H groups in total. The van der Waals surface area contributed by atoms with Crippen molar-refractivity contribution in [3.63, 3.8) is 0 Å². The Morgan fingerprint density at radius 3 is 2.80 bits per heavy atom. The van der Waals surface area contributed by atoms with E-state index < -0.39 is 16.1 Å². The minimum absolute atomic E-state index is 0.0652. The summed E-state index contributed by atoms with van der Waals surface area (Å²) in [6, 6.07) is -0.0762. The first kappa shape index (κ1) is 15.4. The highest BCUT2D eigenvalue weighted by molar-refractivity contribution is 7.89. The Hall–Kier alpha value is -0.960. The molecule has 0 bridgehead atoms. The number of hydrogen-bond acceptors (Lipinski definition) is 6. The number of halogens is 1. The third-order valence-corrected chi connectivity index (χ3v) is 4.62. The smallest absolute Gasteiger partial charge is 0.243 e. The van der Waals surface area contributed by atoms with E-state index in [9.17, 15) is 13.5 Å². The van der Waals surface area contributed by atoms with Gasteiger partial charge in [-0.3, -0.25) is 0 Å². The van der Waals surface area contributed by atoms with E-state index >= 15 is 0 Å². The van der Waals surface area contributed by atoms with Gasteiger partial charge in [0.25, 0.3) is 0 Å². The molecule has 0 spiro atoms. The van der Waals surface area contributed by atoms with E-state index in [2.05, 4.69) is 15.3 Å². The molecule has 1 fully saturated rings. The van der Waals surface area contributed by atoms with E-state index in [0.29, 0.717) is 6.42 Å². The predicted molar refractivity (Wildman–Crippen MR) is 74.8 cm³/mol. The summed E-state index contributed by atoms with van der Waals surface area (Å²) >= 11 is 5.69. The minimum atomic E-state index is -3.93. The summed E-state index contributed by atoms with van der Waals surface area (Å²) in [5, 5.41) is 17.9. The van der Waals surface area contributed by atoms with Crippen molar-refractivity contribution in [1.82, 2.24) is 9.97 Å². The van der Waals surface area contributed by atoms with E-state index in [0.717, 1.165) is 19.0 Å². The number of hydrogen-bond donors (Lipinski definition) is 3. The average Bonchev–Trinajstić information content (AvgIpc) is 2.32. The first-order chi connectivity index (χ1) is 9.27. The summed E-state index contributed by atoms with van der Waals surface area (Å²) in [5.74, 6) is 0.319. The SMILES string of the molecule is C[C@@H]1CC[C@@H](Nc2nc(Cl)ncc2S(N)(=O)=O)C[C@H]1O. The van der Waals surface area contributed by atoms with Crippen LogP contribution in [0.2, 0.25) is 5.28 Å². The molecule has 112 valence electrons. The second-order valence-corrected chi connectivity index (χ2v) is 6.96. The summed E-state index contributed by atoms with van der Waals surface area (Å²) in [5.41, 5.74) is 0. The molecule has 0 unspecified atom stereocenters. The zero-order valence-electron chi connectivity index (χ0n) is 11.0. The van der Waals surface area contributed by atoms with Crippen molar-refractivity contribution in [3.05, 3.63) is 11.5 Å². The van der Waals surface area contributed by atoms with Gasteiger partial charge in [0.1, 0.15) is 4.90 Å². The lowest BCUT2D eigenvalue weighted by Gasteiger charge is -2.32. The molecular weight excluding hydrogens is 304 g/mol. The molecule has 1 aromatic heterocycles. The molecule has 7 nitrogen and oxygen atoms in total. The highest BCUT2D eigenvalue weighted by Gasteiger charge is 2.27. The fourth-order valence-electron chi connectivity index (χ4n) is 2.28. The summed E-state index contributed by atoms with van der Waals surface area (Å²) in [6.07, 6.45) is 2.84. The van der Waals surface area contributed by atoms with Crippen molar-refractivity contribution in [2.24, 2.45) is 11.1 Å². The molecule has 0 aliphatic heterocycles. The molecule has 2 rings (SSSR count). The molecule has 0 aromatic carbocycles. The second kappa shape index (κ2) is 5.80. The van der Waals surface area contributed by atoms with Gasteiger partial charge < -0.3 is 10.4 Å². The molecule has 0 radical (unpaired) electrons. The van der Waals surface area contributed by atoms with Crippen LogP contribution in [0.3, 0.4) is 0 Å². The summed E-state index contributed by atoms with van der Waals surface area (Å²) in [4.78, 5) is 7.31. The number of primary sulfonamides is 1. The van der Waals surface area contributed by atoms with Gasteiger partial charge in [-0.2, -0.15) is 4.98 Å². The number of nitrogens with one attached hydrogen (secondary N) is 1. The van der Waals surface area contributed by atoms with Gasteiger partial charge in [-0.05, 0) is 36.8 Å². The van der Waals surface area contributed by atoms with Gasteiger partial charge in [-0.1, -0.05) is 6.92 Å². The topological polar surface area (TPSA) is 118 Å². The fourth-order valence-corrected chi connectivity index (χ4v) is 2.99. The first-order valence-electron chi connectivity index (χ1n) is 6.27. The van der Waals surface area contributed by atoms with E-state index in [1.54, 1.807) is 0 Å². The van der Waals surface area contributed by atoms with Crippen LogP contribution in [-0.2, 0) is 10.0 Å². The van der Waals surface area contributed by atoms with Gasteiger partial charge in [0.05, 0.1) is 12.3 Å². The minimum Gasteiger partial charge on any atom is -0.393 e. The van der Waals surface area contributed by atoms with Gasteiger partial charge in [-0.15, -0.1) is 0 Å². The normalized spacial score (nSPS) is 27.3. The van der Waals surface area contributed by atoms with Crippen LogP contribution in [0.15, 0.2) is 11.1 Å². The van der Waals surface area contributed by atoms with Crippen molar-refractivity contribution in [1.29, 1.82) is 0 Å². The number of anilines is 1. The maximum atomic E-state index is 11.5. The Morgan fingerprint density at radius 2 is 2.20 bits per heavy atom. The second-order valence-electron chi connectivity index (χ2n) is 5.10. The van der Waals surface area contributed by atoms with Crippen molar-refractivity contribution in [2.45, 2.75) is 43.2 Å². The van der Waals surface area contributed by atoms with Crippen LogP contribution in [0.4, 0.5) is 5.82 Å². The van der Waals surface area contributed by atoms with Gasteiger partial charge in [-0.25, -0.2) is 18.5 Å². The molecule has 1 saturated carbocycles. The lowest BCUT2D eigenvalue weighted by molar-refractivity contribution is 0.0739. The monoisotopic (exact) mass is 320 g/mol. The van der Waals surface area contributed by atoms with Crippen LogP contribution < -0.4 is 10.5 Å². The molecule has 1 aliphatic rings. The Kier molecular flexibility index (Phi) is 4.48. The largest absolute Gasteiger partial charge is 0.393 e. The third-order valence-electron chi connectivity index (χ3n) is 3.53. The fraction of sp³-hybridized carbons (Fsp3) is 0.636. The van der Waals surface area contributed by atoms with Gasteiger partial charge >= 0.3 is 0 Å². The van der Waals surface area contributed by atoms with Crippen molar-refractivity contribution in [2.75, 3.05) is 5.32 Å². The lowest BCUT2D eigenvalue weighted by Crippen LogP contribution is -2.35. The quantitative estimate of drug-likeness (QED) is 0.707. The number of nitrogens with zero attached hydrogens (tertiary/aromatic N) is 2. The number of rotatable bonds is 3. The molecule has 0 saturated heterocycles. The van der Waals surface area contributed by atoms with Crippen LogP contribution in [0, 0.1) is 5.92 Å². The van der Waals surface area contributed by atoms with Crippen LogP contribution in [0.1, 0.15) is 26.2 Å². The van der Waals surface area contributed by atoms with E-state index in [1.807, 2.05) is 6.92 Å². The van der Waals surface area contributed by atoms with Crippen molar-refractivity contribution >= 4 is 27.4 Å². The predicted octanol–water partition coefficient (Wildman–Crippen LogP) is 0.739. The van der Waals surface area contributed by atoms with Crippen LogP contribution >= 0.6 is 11.6 Å². The molecule has 3 atom stereocenters. The number of nitrogens with two attached hydrogens (primary N) is 1. The van der Waals surface area contributed by atoms with Crippen molar-refractivity contribution < 1.29 is 13.5 Å². The maximum Gasteiger partial charge on any atom is 0.243 e. The molecule has 1 aliphatic carbocycles. The Labute approximate surface area is 122 Å². The molecule has 1 aromatic rings. The molecular formula is C11H17ClN4O3S. The first-order valence-corrected chi connectivity index (χ1v) is 8.19. The van der Waals surface area contributed by atoms with Crippen LogP contribution in [0.25, 0.3) is 0 Å². The van der Waals surface area contributed by atoms with E-state index in [-0.39, 0.29) is 28.0 Å². The van der Waals surface area contributed by atoms with E-state index in [1.165, 1.54) is 0 Å². The Balaban J connectivity index is 2.23. The molecule has 0 amide bonds. The van der Waals surface area contributed by atoms with Crippen LogP contribution in [0.5, 0.6) is 0 Å². The van der Waals surface area contributed by atoms with Gasteiger partial charge in [0.2, 0.25) is 15.3 Å².